The summed E-state index contributed by atoms with van der Waals surface area (Å²) in [7, 11) is 0. The number of hydrogen-bond donors (Lipinski definition) is 2. The molecule has 0 fully saturated rings. The predicted molar refractivity (Wildman–Crippen MR) is 46.3 cm³/mol. The first kappa shape index (κ1) is 10.9. The zero-order valence-corrected chi connectivity index (χ0v) is 7.76. The molecule has 0 saturated heterocycles. The van der Waals surface area contributed by atoms with Crippen molar-refractivity contribution in [3.63, 3.8) is 0 Å². The van der Waals surface area contributed by atoms with Crippen molar-refractivity contribution in [2.45, 2.75) is 33.2 Å². The largest absolute Gasteiger partial charge is 0.370 e. The van der Waals surface area contributed by atoms with E-state index in [1.165, 1.54) is 0 Å². The number of amides is 2. The Morgan fingerprint density at radius 3 is 2.17 bits per heavy atom. The van der Waals surface area contributed by atoms with Crippen LogP contribution >= 0.6 is 0 Å². The molecular weight excluding hydrogens is 156 g/mol. The van der Waals surface area contributed by atoms with E-state index >= 15 is 0 Å². The van der Waals surface area contributed by atoms with Crippen LogP contribution in [0.2, 0.25) is 0 Å². The van der Waals surface area contributed by atoms with Gasteiger partial charge < -0.3 is 11.1 Å². The van der Waals surface area contributed by atoms with Crippen LogP contribution in [0.15, 0.2) is 0 Å². The van der Waals surface area contributed by atoms with Crippen LogP contribution in [0.3, 0.4) is 0 Å². The van der Waals surface area contributed by atoms with E-state index < -0.39 is 5.91 Å². The molecule has 0 aromatic rings. The zero-order valence-electron chi connectivity index (χ0n) is 7.76. The van der Waals surface area contributed by atoms with Crippen molar-refractivity contribution in [3.8, 4) is 0 Å². The van der Waals surface area contributed by atoms with Gasteiger partial charge in [-0.3, -0.25) is 9.59 Å². The van der Waals surface area contributed by atoms with Gasteiger partial charge in [-0.1, -0.05) is 13.8 Å². The van der Waals surface area contributed by atoms with E-state index in [-0.39, 0.29) is 24.3 Å². The van der Waals surface area contributed by atoms with Gasteiger partial charge in [-0.2, -0.15) is 0 Å². The number of hydrogen-bond acceptors (Lipinski definition) is 2. The van der Waals surface area contributed by atoms with E-state index in [0.717, 1.165) is 0 Å². The summed E-state index contributed by atoms with van der Waals surface area (Å²) >= 11 is 0. The summed E-state index contributed by atoms with van der Waals surface area (Å²) in [6, 6.07) is -0.169. The number of nitrogens with two attached hydrogens (primary N) is 1. The van der Waals surface area contributed by atoms with Gasteiger partial charge in [-0.15, -0.1) is 0 Å². The van der Waals surface area contributed by atoms with Crippen molar-refractivity contribution in [1.29, 1.82) is 0 Å². The number of carbonyl (C=O) groups excluding carboxylic acids is 2. The van der Waals surface area contributed by atoms with Crippen molar-refractivity contribution in [1.82, 2.24) is 5.32 Å². The summed E-state index contributed by atoms with van der Waals surface area (Å²) in [5, 5.41) is 2.67. The molecule has 4 heteroatoms. The Labute approximate surface area is 72.5 Å². The Morgan fingerprint density at radius 1 is 1.33 bits per heavy atom. The van der Waals surface area contributed by atoms with E-state index in [9.17, 15) is 9.59 Å². The van der Waals surface area contributed by atoms with Crippen LogP contribution < -0.4 is 11.1 Å². The maximum Gasteiger partial charge on any atom is 0.222 e. The number of rotatable bonds is 4. The van der Waals surface area contributed by atoms with E-state index in [1.807, 2.05) is 0 Å². The van der Waals surface area contributed by atoms with E-state index in [2.05, 4.69) is 5.32 Å². The lowest BCUT2D eigenvalue weighted by molar-refractivity contribution is -0.125. The average molecular weight is 172 g/mol. The van der Waals surface area contributed by atoms with Crippen LogP contribution in [0.1, 0.15) is 27.2 Å². The monoisotopic (exact) mass is 172 g/mol. The van der Waals surface area contributed by atoms with Crippen molar-refractivity contribution in [2.24, 2.45) is 11.7 Å². The van der Waals surface area contributed by atoms with Crippen LogP contribution in [0.5, 0.6) is 0 Å². The van der Waals surface area contributed by atoms with Crippen molar-refractivity contribution in [3.05, 3.63) is 0 Å². The highest BCUT2D eigenvalue weighted by Gasteiger charge is 2.11. The first-order valence-corrected chi connectivity index (χ1v) is 4.02. The third-order valence-electron chi connectivity index (χ3n) is 1.42. The van der Waals surface area contributed by atoms with Crippen LogP contribution in [0.25, 0.3) is 0 Å². The minimum Gasteiger partial charge on any atom is -0.370 e. The van der Waals surface area contributed by atoms with E-state index in [0.29, 0.717) is 0 Å². The van der Waals surface area contributed by atoms with Gasteiger partial charge in [0.2, 0.25) is 11.8 Å². The maximum atomic E-state index is 11.1. The molecule has 4 nitrogen and oxygen atoms in total. The average Bonchev–Trinajstić information content (AvgIpc) is 1.84. The molecule has 1 unspecified atom stereocenters. The Balaban J connectivity index is 3.76. The van der Waals surface area contributed by atoms with Gasteiger partial charge in [-0.05, 0) is 6.92 Å². The SMILES string of the molecule is CC(CC(N)=O)NC(=O)C(C)C. The minimum atomic E-state index is -0.397. The van der Waals surface area contributed by atoms with Gasteiger partial charge in [0.05, 0.1) is 0 Å². The molecule has 3 N–H and O–H groups in total. The summed E-state index contributed by atoms with van der Waals surface area (Å²) in [6.45, 7) is 5.35. The molecule has 0 heterocycles. The third kappa shape index (κ3) is 4.71. The Bertz CT molecular complexity index is 178. The second kappa shape index (κ2) is 4.74. The quantitative estimate of drug-likeness (QED) is 0.627. The lowest BCUT2D eigenvalue weighted by Gasteiger charge is -2.13. The molecule has 1 atom stereocenters. The Kier molecular flexibility index (Phi) is 4.33. The van der Waals surface area contributed by atoms with Gasteiger partial charge >= 0.3 is 0 Å². The first-order valence-electron chi connectivity index (χ1n) is 4.02. The third-order valence-corrected chi connectivity index (χ3v) is 1.42. The van der Waals surface area contributed by atoms with Crippen LogP contribution in [-0.4, -0.2) is 17.9 Å². The summed E-state index contributed by atoms with van der Waals surface area (Å²) < 4.78 is 0. The van der Waals surface area contributed by atoms with Crippen LogP contribution in [-0.2, 0) is 9.59 Å². The fourth-order valence-electron chi connectivity index (χ4n) is 0.762. The van der Waals surface area contributed by atoms with Gasteiger partial charge in [0.1, 0.15) is 0 Å². The minimum absolute atomic E-state index is 0.0521. The highest BCUT2D eigenvalue weighted by molar-refractivity contribution is 5.79. The standard InChI is InChI=1S/C8H16N2O2/c1-5(2)8(12)10-6(3)4-7(9)11/h5-6H,4H2,1-3H3,(H2,9,11)(H,10,12). The normalized spacial score (nSPS) is 12.7. The molecule has 0 aliphatic rings. The molecule has 0 aromatic heterocycles. The summed E-state index contributed by atoms with van der Waals surface area (Å²) in [5.74, 6) is -0.504. The smallest absolute Gasteiger partial charge is 0.222 e. The first-order chi connectivity index (χ1) is 5.43. The van der Waals surface area contributed by atoms with E-state index in [4.69, 9.17) is 5.73 Å². The van der Waals surface area contributed by atoms with E-state index in [1.54, 1.807) is 20.8 Å². The summed E-state index contributed by atoms with van der Waals surface area (Å²) in [5.41, 5.74) is 4.95. The summed E-state index contributed by atoms with van der Waals surface area (Å²) in [4.78, 5) is 21.5. The van der Waals surface area contributed by atoms with Gasteiger partial charge in [0.25, 0.3) is 0 Å². The molecule has 0 spiro atoms. The molecule has 0 saturated carbocycles. The molecule has 0 radical (unpaired) electrons. The number of carbonyl (C=O) groups is 2. The molecule has 12 heavy (non-hydrogen) atoms. The second-order valence-electron chi connectivity index (χ2n) is 3.23. The molecular formula is C8H16N2O2. The number of nitrogens with one attached hydrogen (secondary N) is 1. The molecule has 0 aromatic carbocycles. The Morgan fingerprint density at radius 2 is 1.83 bits per heavy atom. The van der Waals surface area contributed by atoms with Gasteiger partial charge in [0, 0.05) is 18.4 Å². The van der Waals surface area contributed by atoms with Crippen molar-refractivity contribution in [2.75, 3.05) is 0 Å². The highest BCUT2D eigenvalue weighted by atomic mass is 16.2. The molecule has 0 aliphatic heterocycles. The lowest BCUT2D eigenvalue weighted by atomic mass is 10.1. The zero-order chi connectivity index (χ0) is 9.72. The fraction of sp³-hybridized carbons (Fsp3) is 0.750. The van der Waals surface area contributed by atoms with Crippen LogP contribution in [0.4, 0.5) is 0 Å². The van der Waals surface area contributed by atoms with Gasteiger partial charge in [-0.25, -0.2) is 0 Å². The van der Waals surface area contributed by atoms with Crippen molar-refractivity contribution >= 4 is 11.8 Å². The molecule has 2 amide bonds. The molecule has 0 aliphatic carbocycles. The topological polar surface area (TPSA) is 72.2 Å². The van der Waals surface area contributed by atoms with Crippen LogP contribution in [0, 0.1) is 5.92 Å². The predicted octanol–water partition coefficient (Wildman–Crippen LogP) is 0.0225. The number of primary amides is 1. The maximum absolute atomic E-state index is 11.1. The fourth-order valence-corrected chi connectivity index (χ4v) is 0.762. The summed E-state index contributed by atoms with van der Waals surface area (Å²) in [6.07, 6.45) is 0.193. The molecule has 0 rings (SSSR count). The van der Waals surface area contributed by atoms with Gasteiger partial charge in [0.15, 0.2) is 0 Å². The lowest BCUT2D eigenvalue weighted by Crippen LogP contribution is -2.37. The Hall–Kier alpha value is -1.06. The van der Waals surface area contributed by atoms with Crippen molar-refractivity contribution < 1.29 is 9.59 Å². The second-order valence-corrected chi connectivity index (χ2v) is 3.23. The molecule has 0 bridgehead atoms. The highest BCUT2D eigenvalue weighted by Crippen LogP contribution is 1.95. The molecule has 70 valence electrons.